The molecule has 1 nitrogen and oxygen atoms in total. The summed E-state index contributed by atoms with van der Waals surface area (Å²) in [4.78, 5) is 0. The molecule has 0 aliphatic rings. The molecule has 0 saturated heterocycles. The van der Waals surface area contributed by atoms with Crippen LogP contribution in [0, 0.1) is 0 Å². The minimum atomic E-state index is 0.923. The fourth-order valence-corrected chi connectivity index (χ4v) is 8.61. The van der Waals surface area contributed by atoms with E-state index in [1.807, 2.05) is 0 Å². The van der Waals surface area contributed by atoms with Gasteiger partial charge in [-0.15, -0.1) is 0 Å². The third-order valence-electron chi connectivity index (χ3n) is 10.8. The summed E-state index contributed by atoms with van der Waals surface area (Å²) in [6, 6.07) is 66.2. The predicted molar refractivity (Wildman–Crippen MR) is 218 cm³/mol. The Balaban J connectivity index is 1.17. The van der Waals surface area contributed by atoms with Crippen molar-refractivity contribution in [2.24, 2.45) is 0 Å². The minimum Gasteiger partial charge on any atom is -0.455 e. The van der Waals surface area contributed by atoms with Crippen LogP contribution in [0.5, 0.6) is 0 Å². The van der Waals surface area contributed by atoms with E-state index < -0.39 is 0 Å². The predicted octanol–water partition coefficient (Wildman–Crippen LogP) is 14.4. The monoisotopic (exact) mass is 646 g/mol. The highest BCUT2D eigenvalue weighted by Crippen LogP contribution is 2.46. The maximum absolute atomic E-state index is 6.81. The molecule has 1 aromatic heterocycles. The summed E-state index contributed by atoms with van der Waals surface area (Å²) in [6.45, 7) is 0. The molecule has 0 N–H and O–H groups in total. The van der Waals surface area contributed by atoms with Crippen molar-refractivity contribution in [1.29, 1.82) is 0 Å². The van der Waals surface area contributed by atoms with E-state index in [1.165, 1.54) is 92.6 Å². The number of furan rings is 1. The molecular weight excluding hydrogens is 617 g/mol. The molecule has 0 amide bonds. The first-order chi connectivity index (χ1) is 25.3. The maximum Gasteiger partial charge on any atom is 0.143 e. The van der Waals surface area contributed by atoms with E-state index in [9.17, 15) is 0 Å². The lowest BCUT2D eigenvalue weighted by molar-refractivity contribution is 0.673. The molecule has 0 unspecified atom stereocenters. The van der Waals surface area contributed by atoms with Gasteiger partial charge < -0.3 is 4.42 Å². The van der Waals surface area contributed by atoms with Crippen LogP contribution in [-0.2, 0) is 0 Å². The fourth-order valence-electron chi connectivity index (χ4n) is 8.61. The Morgan fingerprint density at radius 3 is 1.53 bits per heavy atom. The number of rotatable bonds is 3. The summed E-state index contributed by atoms with van der Waals surface area (Å²) in [7, 11) is 0. The van der Waals surface area contributed by atoms with E-state index in [1.54, 1.807) is 0 Å². The number of hydrogen-bond acceptors (Lipinski definition) is 1. The summed E-state index contributed by atoms with van der Waals surface area (Å²) >= 11 is 0. The molecule has 11 rings (SSSR count). The van der Waals surface area contributed by atoms with Gasteiger partial charge in [0.05, 0.1) is 0 Å². The van der Waals surface area contributed by atoms with Gasteiger partial charge in [0.15, 0.2) is 0 Å². The Morgan fingerprint density at radius 2 is 0.804 bits per heavy atom. The van der Waals surface area contributed by atoms with Crippen LogP contribution in [0.1, 0.15) is 0 Å². The van der Waals surface area contributed by atoms with E-state index in [0.29, 0.717) is 0 Å². The molecule has 0 saturated carbocycles. The van der Waals surface area contributed by atoms with E-state index in [4.69, 9.17) is 4.42 Å². The molecule has 11 aromatic rings. The molecule has 1 heterocycles. The molecule has 0 aliphatic heterocycles. The highest BCUT2D eigenvalue weighted by molar-refractivity contribution is 6.34. The first kappa shape index (κ1) is 28.2. The van der Waals surface area contributed by atoms with Crippen LogP contribution in [0.15, 0.2) is 186 Å². The second-order valence-corrected chi connectivity index (χ2v) is 13.6. The molecule has 10 aromatic carbocycles. The summed E-state index contributed by atoms with van der Waals surface area (Å²) in [5.41, 5.74) is 9.20. The van der Waals surface area contributed by atoms with Gasteiger partial charge in [-0.2, -0.15) is 0 Å². The standard InChI is InChI=1S/C50H30O/c1-2-14-32(15-3-1)46-40-21-8-10-23-42(40)47(43-24-11-9-22-41(43)46)35-17-12-16-33(29-35)34-25-27-38-37-19-6-7-20-39(37)49-48-36-18-5-4-13-31(36)26-28-45(48)51-50(49)44(38)30-34/h1-30H. The lowest BCUT2D eigenvalue weighted by Gasteiger charge is -2.18. The number of benzene rings is 10. The molecule has 0 atom stereocenters. The molecule has 51 heavy (non-hydrogen) atoms. The SMILES string of the molecule is c1ccc(-c2c3ccccc3c(-c3cccc(-c4ccc5c6ccccc6c6c(oc7ccc8ccccc8c76)c5c4)c3)c3ccccc23)cc1. The molecule has 0 spiro atoms. The molecule has 0 bridgehead atoms. The third-order valence-corrected chi connectivity index (χ3v) is 10.8. The highest BCUT2D eigenvalue weighted by Gasteiger charge is 2.19. The van der Waals surface area contributed by atoms with E-state index in [0.717, 1.165) is 16.6 Å². The normalized spacial score (nSPS) is 11.9. The Hall–Kier alpha value is -6.70. The molecular formula is C50H30O. The van der Waals surface area contributed by atoms with Crippen molar-refractivity contribution in [3.05, 3.63) is 182 Å². The Bertz CT molecular complexity index is 3130. The largest absolute Gasteiger partial charge is 0.455 e. The highest BCUT2D eigenvalue weighted by atomic mass is 16.3. The second-order valence-electron chi connectivity index (χ2n) is 13.6. The minimum absolute atomic E-state index is 0.923. The molecule has 1 heteroatoms. The average Bonchev–Trinajstić information content (AvgIpc) is 3.61. The van der Waals surface area contributed by atoms with Gasteiger partial charge in [0.2, 0.25) is 0 Å². The van der Waals surface area contributed by atoms with Gasteiger partial charge in [-0.1, -0.05) is 164 Å². The first-order valence-electron chi connectivity index (χ1n) is 17.6. The zero-order valence-corrected chi connectivity index (χ0v) is 27.7. The molecule has 0 aliphatic carbocycles. The lowest BCUT2D eigenvalue weighted by atomic mass is 9.85. The van der Waals surface area contributed by atoms with Crippen molar-refractivity contribution < 1.29 is 4.42 Å². The van der Waals surface area contributed by atoms with Crippen molar-refractivity contribution in [2.75, 3.05) is 0 Å². The van der Waals surface area contributed by atoms with Gasteiger partial charge in [0.25, 0.3) is 0 Å². The van der Waals surface area contributed by atoms with Gasteiger partial charge in [0.1, 0.15) is 11.2 Å². The van der Waals surface area contributed by atoms with Crippen molar-refractivity contribution in [2.45, 2.75) is 0 Å². The first-order valence-corrected chi connectivity index (χ1v) is 17.6. The Morgan fingerprint density at radius 1 is 0.275 bits per heavy atom. The summed E-state index contributed by atoms with van der Waals surface area (Å²) < 4.78 is 6.81. The van der Waals surface area contributed by atoms with Crippen molar-refractivity contribution in [3.63, 3.8) is 0 Å². The second kappa shape index (κ2) is 10.9. The maximum atomic E-state index is 6.81. The zero-order chi connectivity index (χ0) is 33.5. The van der Waals surface area contributed by atoms with Gasteiger partial charge in [-0.25, -0.2) is 0 Å². The quantitative estimate of drug-likeness (QED) is 0.138. The van der Waals surface area contributed by atoms with E-state index in [2.05, 4.69) is 182 Å². The fraction of sp³-hybridized carbons (Fsp3) is 0. The van der Waals surface area contributed by atoms with Crippen LogP contribution in [-0.4, -0.2) is 0 Å². The van der Waals surface area contributed by atoms with Crippen LogP contribution in [0.25, 0.3) is 109 Å². The number of hydrogen-bond donors (Lipinski definition) is 0. The molecule has 0 fully saturated rings. The lowest BCUT2D eigenvalue weighted by Crippen LogP contribution is -1.91. The molecule has 236 valence electrons. The smallest absolute Gasteiger partial charge is 0.143 e. The number of fused-ring (bicyclic) bond motifs is 12. The summed E-state index contributed by atoms with van der Waals surface area (Å²) in [6.07, 6.45) is 0. The summed E-state index contributed by atoms with van der Waals surface area (Å²) in [5.74, 6) is 0. The topological polar surface area (TPSA) is 13.1 Å². The third kappa shape index (κ3) is 4.16. The van der Waals surface area contributed by atoms with E-state index >= 15 is 0 Å². The van der Waals surface area contributed by atoms with Gasteiger partial charge in [0, 0.05) is 16.2 Å². The zero-order valence-electron chi connectivity index (χ0n) is 27.7. The summed E-state index contributed by atoms with van der Waals surface area (Å²) in [5, 5.41) is 14.7. The van der Waals surface area contributed by atoms with Crippen molar-refractivity contribution >= 4 is 75.8 Å². The Labute approximate surface area is 294 Å². The van der Waals surface area contributed by atoms with Crippen molar-refractivity contribution in [1.82, 2.24) is 0 Å². The van der Waals surface area contributed by atoms with E-state index in [-0.39, 0.29) is 0 Å². The van der Waals surface area contributed by atoms with Crippen LogP contribution in [0.2, 0.25) is 0 Å². The van der Waals surface area contributed by atoms with Crippen molar-refractivity contribution in [3.8, 4) is 33.4 Å². The van der Waals surface area contributed by atoms with Crippen LogP contribution in [0.4, 0.5) is 0 Å². The Kier molecular flexibility index (Phi) is 6.02. The van der Waals surface area contributed by atoms with Crippen LogP contribution < -0.4 is 0 Å². The van der Waals surface area contributed by atoms with Gasteiger partial charge in [-0.05, 0) is 100 Å². The van der Waals surface area contributed by atoms with Crippen LogP contribution >= 0.6 is 0 Å². The van der Waals surface area contributed by atoms with Gasteiger partial charge >= 0.3 is 0 Å². The van der Waals surface area contributed by atoms with Crippen LogP contribution in [0.3, 0.4) is 0 Å². The van der Waals surface area contributed by atoms with Gasteiger partial charge in [-0.3, -0.25) is 0 Å². The molecule has 0 radical (unpaired) electrons. The average molecular weight is 647 g/mol.